The minimum Gasteiger partial charge on any atom is -0.474 e. The third-order valence-corrected chi connectivity index (χ3v) is 8.54. The van der Waals surface area contributed by atoms with E-state index in [4.69, 9.17) is 9.47 Å². The van der Waals surface area contributed by atoms with Crippen molar-refractivity contribution in [3.8, 4) is 33.5 Å². The molecule has 5 rings (SSSR count). The number of hydrogen-bond donors (Lipinski definition) is 0. The number of rotatable bonds is 10. The van der Waals surface area contributed by atoms with Gasteiger partial charge in [0.05, 0.1) is 4.90 Å². The standard InChI is InChI=1S/C31H30N5O4S2/c1-21-7-9-22(10-8-21)27-28(36-42(37,38)25-13-11-24(12-14-25)31(2,3)4)34-20-35-29(27)39-15-16-40-30-32-18-23(19-33-30)26-6-5-17-41-26/h5-14,17-20H,15-16H2,1-4H3/q-1. The van der Waals surface area contributed by atoms with Gasteiger partial charge in [-0.25, -0.2) is 23.4 Å². The second-order valence-electron chi connectivity index (χ2n) is 10.5. The van der Waals surface area contributed by atoms with Crippen LogP contribution in [0.5, 0.6) is 11.9 Å². The summed E-state index contributed by atoms with van der Waals surface area (Å²) in [5.74, 6) is 0.167. The molecule has 0 saturated heterocycles. The summed E-state index contributed by atoms with van der Waals surface area (Å²) in [5.41, 5.74) is 3.90. The first-order valence-corrected chi connectivity index (χ1v) is 15.5. The smallest absolute Gasteiger partial charge is 0.316 e. The second-order valence-corrected chi connectivity index (χ2v) is 13.1. The molecular formula is C31H30N5O4S2-. The predicted octanol–water partition coefficient (Wildman–Crippen LogP) is 7.12. The first-order chi connectivity index (χ1) is 20.1. The van der Waals surface area contributed by atoms with E-state index in [0.29, 0.717) is 11.1 Å². The maximum atomic E-state index is 13.3. The van der Waals surface area contributed by atoms with Crippen molar-refractivity contribution in [3.63, 3.8) is 0 Å². The molecule has 3 heterocycles. The highest BCUT2D eigenvalue weighted by atomic mass is 32.2. The fourth-order valence-electron chi connectivity index (χ4n) is 4.04. The molecule has 0 unspecified atom stereocenters. The molecule has 42 heavy (non-hydrogen) atoms. The zero-order valence-electron chi connectivity index (χ0n) is 23.7. The van der Waals surface area contributed by atoms with Gasteiger partial charge in [-0.2, -0.15) is 0 Å². The maximum Gasteiger partial charge on any atom is 0.316 e. The molecular weight excluding hydrogens is 571 g/mol. The van der Waals surface area contributed by atoms with Gasteiger partial charge in [-0.15, -0.1) is 11.3 Å². The summed E-state index contributed by atoms with van der Waals surface area (Å²) in [7, 11) is -4.07. The Hall–Kier alpha value is -4.35. The predicted molar refractivity (Wildman–Crippen MR) is 164 cm³/mol. The Labute approximate surface area is 249 Å². The van der Waals surface area contributed by atoms with Gasteiger partial charge in [0.1, 0.15) is 13.2 Å². The van der Waals surface area contributed by atoms with E-state index in [2.05, 4.69) is 45.4 Å². The molecule has 5 aromatic rings. The van der Waals surface area contributed by atoms with Crippen molar-refractivity contribution in [2.24, 2.45) is 0 Å². The Morgan fingerprint density at radius 1 is 0.833 bits per heavy atom. The fraction of sp³-hybridized carbons (Fsp3) is 0.226. The van der Waals surface area contributed by atoms with E-state index >= 15 is 0 Å². The molecule has 0 amide bonds. The number of benzene rings is 2. The summed E-state index contributed by atoms with van der Waals surface area (Å²) in [5, 5.41) is 1.99. The minimum atomic E-state index is -4.07. The van der Waals surface area contributed by atoms with E-state index in [1.165, 1.54) is 6.33 Å². The number of nitrogens with zero attached hydrogens (tertiary/aromatic N) is 5. The van der Waals surface area contributed by atoms with Gasteiger partial charge in [0.15, 0.2) is 0 Å². The highest BCUT2D eigenvalue weighted by Crippen LogP contribution is 2.40. The van der Waals surface area contributed by atoms with Gasteiger partial charge in [-0.3, -0.25) is 0 Å². The van der Waals surface area contributed by atoms with Crippen LogP contribution in [0.25, 0.3) is 26.3 Å². The molecule has 3 aromatic heterocycles. The van der Waals surface area contributed by atoms with Crippen LogP contribution >= 0.6 is 11.3 Å². The Bertz CT molecular complexity index is 1730. The molecule has 0 bridgehead atoms. The van der Waals surface area contributed by atoms with Crippen LogP contribution < -0.4 is 9.47 Å². The van der Waals surface area contributed by atoms with Crippen molar-refractivity contribution in [3.05, 3.63) is 101 Å². The zero-order chi connectivity index (χ0) is 29.7. The largest absolute Gasteiger partial charge is 0.474 e. The number of sulfonamides is 1. The summed E-state index contributed by atoms with van der Waals surface area (Å²) < 4.78 is 42.4. The van der Waals surface area contributed by atoms with E-state index in [9.17, 15) is 8.42 Å². The minimum absolute atomic E-state index is 0.0165. The van der Waals surface area contributed by atoms with Gasteiger partial charge >= 0.3 is 6.01 Å². The van der Waals surface area contributed by atoms with Crippen molar-refractivity contribution in [1.82, 2.24) is 19.9 Å². The molecule has 0 atom stereocenters. The monoisotopic (exact) mass is 600 g/mol. The molecule has 2 aromatic carbocycles. The molecule has 0 radical (unpaired) electrons. The number of ether oxygens (including phenoxy) is 2. The molecule has 9 nitrogen and oxygen atoms in total. The lowest BCUT2D eigenvalue weighted by Gasteiger charge is -2.23. The molecule has 0 N–H and O–H groups in total. The van der Waals surface area contributed by atoms with Crippen LogP contribution in [0.1, 0.15) is 31.9 Å². The highest BCUT2D eigenvalue weighted by Gasteiger charge is 2.18. The summed E-state index contributed by atoms with van der Waals surface area (Å²) in [6.07, 6.45) is 4.65. The van der Waals surface area contributed by atoms with Gasteiger partial charge in [0.2, 0.25) is 15.9 Å². The van der Waals surface area contributed by atoms with Crippen LogP contribution in [0.4, 0.5) is 5.82 Å². The quantitative estimate of drug-likeness (QED) is 0.156. The summed E-state index contributed by atoms with van der Waals surface area (Å²) in [6.45, 7) is 8.41. The van der Waals surface area contributed by atoms with Crippen LogP contribution in [0.15, 0.2) is 89.7 Å². The molecule has 0 spiro atoms. The molecule has 0 aliphatic heterocycles. The van der Waals surface area contributed by atoms with Gasteiger partial charge in [0.25, 0.3) is 0 Å². The van der Waals surface area contributed by atoms with E-state index in [0.717, 1.165) is 21.6 Å². The SMILES string of the molecule is Cc1ccc(-c2c([N-]S(=O)(=O)c3ccc(C(C)(C)C)cc3)ncnc2OCCOc2ncc(-c3cccs3)cn2)cc1. The molecule has 0 saturated carbocycles. The normalized spacial score (nSPS) is 11.7. The highest BCUT2D eigenvalue weighted by molar-refractivity contribution is 7.94. The summed E-state index contributed by atoms with van der Waals surface area (Å²) >= 11 is 1.61. The topological polar surface area (TPSA) is 118 Å². The number of aromatic nitrogens is 4. The van der Waals surface area contributed by atoms with Gasteiger partial charge in [-0.1, -0.05) is 68.8 Å². The lowest BCUT2D eigenvalue weighted by Crippen LogP contribution is -2.12. The average molecular weight is 601 g/mol. The molecule has 0 fully saturated rings. The number of thiophene rings is 1. The van der Waals surface area contributed by atoms with Crippen molar-refractivity contribution >= 4 is 27.2 Å². The van der Waals surface area contributed by atoms with Crippen molar-refractivity contribution in [1.29, 1.82) is 0 Å². The lowest BCUT2D eigenvalue weighted by molar-refractivity contribution is 0.202. The fourth-order valence-corrected chi connectivity index (χ4v) is 5.69. The molecule has 11 heteroatoms. The van der Waals surface area contributed by atoms with Gasteiger partial charge in [-0.05, 0) is 52.9 Å². The zero-order valence-corrected chi connectivity index (χ0v) is 25.3. The number of hydrogen-bond acceptors (Lipinski definition) is 9. The first-order valence-electron chi connectivity index (χ1n) is 13.2. The van der Waals surface area contributed by atoms with E-state index < -0.39 is 10.0 Å². The molecule has 0 aliphatic carbocycles. The van der Waals surface area contributed by atoms with Crippen LogP contribution in [0.3, 0.4) is 0 Å². The van der Waals surface area contributed by atoms with Gasteiger partial charge < -0.3 is 19.2 Å². The van der Waals surface area contributed by atoms with E-state index in [1.54, 1.807) is 48.0 Å². The Morgan fingerprint density at radius 3 is 2.17 bits per heavy atom. The Balaban J connectivity index is 1.34. The Morgan fingerprint density at radius 2 is 1.52 bits per heavy atom. The number of aryl methyl sites for hydroxylation is 1. The van der Waals surface area contributed by atoms with Crippen molar-refractivity contribution in [2.75, 3.05) is 13.2 Å². The molecule has 216 valence electrons. The van der Waals surface area contributed by atoms with E-state index in [-0.39, 0.29) is 41.2 Å². The maximum absolute atomic E-state index is 13.3. The van der Waals surface area contributed by atoms with Crippen LogP contribution in [0, 0.1) is 6.92 Å². The second kappa shape index (κ2) is 12.3. The third kappa shape index (κ3) is 6.92. The Kier molecular flexibility index (Phi) is 8.51. The third-order valence-electron chi connectivity index (χ3n) is 6.34. The van der Waals surface area contributed by atoms with E-state index in [1.807, 2.05) is 48.7 Å². The summed E-state index contributed by atoms with van der Waals surface area (Å²) in [6, 6.07) is 18.5. The van der Waals surface area contributed by atoms with Crippen LogP contribution in [0.2, 0.25) is 0 Å². The first kappa shape index (κ1) is 29.2. The summed E-state index contributed by atoms with van der Waals surface area (Å²) in [4.78, 5) is 18.2. The lowest BCUT2D eigenvalue weighted by atomic mass is 9.87. The van der Waals surface area contributed by atoms with Crippen LogP contribution in [-0.2, 0) is 15.4 Å². The van der Waals surface area contributed by atoms with Gasteiger partial charge in [0, 0.05) is 34.7 Å². The molecule has 0 aliphatic rings. The van der Waals surface area contributed by atoms with Crippen molar-refractivity contribution in [2.45, 2.75) is 38.0 Å². The van der Waals surface area contributed by atoms with Crippen LogP contribution in [-0.4, -0.2) is 41.6 Å². The van der Waals surface area contributed by atoms with Crippen molar-refractivity contribution < 1.29 is 17.9 Å². The average Bonchev–Trinajstić information content (AvgIpc) is 3.51.